The lowest BCUT2D eigenvalue weighted by molar-refractivity contribution is -0.137. The molecule has 2 nitrogen and oxygen atoms in total. The first-order valence-corrected chi connectivity index (χ1v) is 6.82. The third-order valence-electron chi connectivity index (χ3n) is 2.89. The molecular weight excluding hydrogens is 347 g/mol. The average Bonchev–Trinajstić information content (AvgIpc) is 2.42. The van der Waals surface area contributed by atoms with Crippen molar-refractivity contribution in [3.05, 3.63) is 63.6 Å². The summed E-state index contributed by atoms with van der Waals surface area (Å²) in [4.78, 5) is 12.1. The van der Waals surface area contributed by atoms with Gasteiger partial charge in [0.15, 0.2) is 0 Å². The molecule has 0 fully saturated rings. The molecule has 0 heterocycles. The predicted octanol–water partition coefficient (Wildman–Crippen LogP) is 5.03. The Labute approximate surface area is 128 Å². The fraction of sp³-hybridized carbons (Fsp3) is 0.133. The van der Waals surface area contributed by atoms with Crippen LogP contribution in [0.2, 0.25) is 0 Å². The van der Waals surface area contributed by atoms with Crippen LogP contribution in [0.3, 0.4) is 0 Å². The smallest absolute Gasteiger partial charge is 0.322 e. The van der Waals surface area contributed by atoms with Gasteiger partial charge in [0.1, 0.15) is 0 Å². The lowest BCUT2D eigenvalue weighted by Crippen LogP contribution is -2.18. The van der Waals surface area contributed by atoms with Crippen LogP contribution in [-0.2, 0) is 6.18 Å². The van der Waals surface area contributed by atoms with Crippen LogP contribution >= 0.6 is 15.9 Å². The van der Waals surface area contributed by atoms with Crippen LogP contribution in [0.5, 0.6) is 0 Å². The molecule has 0 saturated carbocycles. The molecule has 0 aliphatic heterocycles. The van der Waals surface area contributed by atoms with Crippen molar-refractivity contribution >= 4 is 27.5 Å². The monoisotopic (exact) mass is 357 g/mol. The van der Waals surface area contributed by atoms with Crippen LogP contribution in [0.15, 0.2) is 46.9 Å². The van der Waals surface area contributed by atoms with E-state index in [0.717, 1.165) is 22.2 Å². The molecule has 1 N–H and O–H groups in total. The van der Waals surface area contributed by atoms with Crippen LogP contribution < -0.4 is 5.32 Å². The third-order valence-corrected chi connectivity index (χ3v) is 3.78. The summed E-state index contributed by atoms with van der Waals surface area (Å²) in [6.45, 7) is 1.82. The summed E-state index contributed by atoms with van der Waals surface area (Å²) >= 11 is 3.32. The number of alkyl halides is 3. The molecule has 2 aromatic rings. The number of carbonyl (C=O) groups is 1. The van der Waals surface area contributed by atoms with Crippen LogP contribution in [0.4, 0.5) is 18.9 Å². The van der Waals surface area contributed by atoms with Gasteiger partial charge in [0, 0.05) is 10.2 Å². The van der Waals surface area contributed by atoms with Gasteiger partial charge in [-0.2, -0.15) is 13.2 Å². The van der Waals surface area contributed by atoms with Gasteiger partial charge in [-0.3, -0.25) is 4.79 Å². The predicted molar refractivity (Wildman–Crippen MR) is 78.3 cm³/mol. The highest BCUT2D eigenvalue weighted by molar-refractivity contribution is 9.10. The van der Waals surface area contributed by atoms with Crippen molar-refractivity contribution in [1.82, 2.24) is 0 Å². The Hall–Kier alpha value is -1.82. The Morgan fingerprint density at radius 3 is 2.43 bits per heavy atom. The van der Waals surface area contributed by atoms with E-state index >= 15 is 0 Å². The van der Waals surface area contributed by atoms with E-state index in [1.54, 1.807) is 18.2 Å². The number of halogens is 4. The summed E-state index contributed by atoms with van der Waals surface area (Å²) in [7, 11) is 0. The molecule has 6 heteroatoms. The van der Waals surface area contributed by atoms with Gasteiger partial charge in [0.05, 0.1) is 11.1 Å². The van der Waals surface area contributed by atoms with E-state index in [4.69, 9.17) is 0 Å². The number of aryl methyl sites for hydroxylation is 1. The maximum atomic E-state index is 12.9. The second-order valence-electron chi connectivity index (χ2n) is 4.46. The number of amides is 1. The third kappa shape index (κ3) is 3.64. The highest BCUT2D eigenvalue weighted by Crippen LogP contribution is 2.32. The lowest BCUT2D eigenvalue weighted by atomic mass is 10.1. The molecule has 0 saturated heterocycles. The number of rotatable bonds is 2. The van der Waals surface area contributed by atoms with E-state index in [9.17, 15) is 18.0 Å². The Bertz CT molecular complexity index is 683. The summed E-state index contributed by atoms with van der Waals surface area (Å²) < 4.78 is 39.5. The number of anilines is 1. The maximum Gasteiger partial charge on any atom is 0.417 e. The highest BCUT2D eigenvalue weighted by Gasteiger charge is 2.34. The molecule has 0 aliphatic carbocycles. The number of carbonyl (C=O) groups excluding carboxylic acids is 1. The minimum absolute atomic E-state index is 0.398. The summed E-state index contributed by atoms with van der Waals surface area (Å²) in [5.41, 5.74) is -0.0310. The standard InChI is InChI=1S/C15H11BrF3NO/c1-9-8-10(6-7-13(9)16)20-14(21)11-4-2-3-5-12(11)15(17,18)19/h2-8H,1H3,(H,20,21). The first-order valence-electron chi connectivity index (χ1n) is 6.03. The van der Waals surface area contributed by atoms with Gasteiger partial charge in [0.2, 0.25) is 0 Å². The van der Waals surface area contributed by atoms with Gasteiger partial charge in [-0.05, 0) is 42.8 Å². The van der Waals surface area contributed by atoms with Gasteiger partial charge >= 0.3 is 6.18 Å². The second-order valence-corrected chi connectivity index (χ2v) is 5.32. The zero-order chi connectivity index (χ0) is 15.6. The second kappa shape index (κ2) is 5.89. The molecule has 2 aromatic carbocycles. The SMILES string of the molecule is Cc1cc(NC(=O)c2ccccc2C(F)(F)F)ccc1Br. The van der Waals surface area contributed by atoms with Gasteiger partial charge < -0.3 is 5.32 Å². The van der Waals surface area contributed by atoms with Crippen molar-refractivity contribution in [2.24, 2.45) is 0 Å². The molecule has 0 spiro atoms. The summed E-state index contributed by atoms with van der Waals surface area (Å²) in [6, 6.07) is 9.72. The molecular formula is C15H11BrF3NO. The van der Waals surface area contributed by atoms with Gasteiger partial charge in [-0.15, -0.1) is 0 Å². The van der Waals surface area contributed by atoms with Crippen LogP contribution in [0, 0.1) is 6.92 Å². The van der Waals surface area contributed by atoms with E-state index in [1.165, 1.54) is 12.1 Å². The molecule has 21 heavy (non-hydrogen) atoms. The van der Waals surface area contributed by atoms with E-state index in [1.807, 2.05) is 6.92 Å². The van der Waals surface area contributed by atoms with Gasteiger partial charge in [-0.25, -0.2) is 0 Å². The van der Waals surface area contributed by atoms with E-state index in [0.29, 0.717) is 5.69 Å². The number of hydrogen-bond acceptors (Lipinski definition) is 1. The van der Waals surface area contributed by atoms with Crippen molar-refractivity contribution in [2.45, 2.75) is 13.1 Å². The number of hydrogen-bond donors (Lipinski definition) is 1. The Kier molecular flexibility index (Phi) is 4.37. The van der Waals surface area contributed by atoms with Crippen LogP contribution in [0.25, 0.3) is 0 Å². The molecule has 0 atom stereocenters. The fourth-order valence-corrected chi connectivity index (χ4v) is 2.10. The Balaban J connectivity index is 2.31. The van der Waals surface area contributed by atoms with Crippen molar-refractivity contribution in [1.29, 1.82) is 0 Å². The zero-order valence-corrected chi connectivity index (χ0v) is 12.5. The van der Waals surface area contributed by atoms with Crippen molar-refractivity contribution < 1.29 is 18.0 Å². The van der Waals surface area contributed by atoms with Gasteiger partial charge in [0.25, 0.3) is 5.91 Å². The first kappa shape index (κ1) is 15.6. The summed E-state index contributed by atoms with van der Waals surface area (Å²) in [5.74, 6) is -0.787. The van der Waals surface area contributed by atoms with Crippen molar-refractivity contribution in [3.63, 3.8) is 0 Å². The molecule has 0 aromatic heterocycles. The first-order chi connectivity index (χ1) is 9.79. The maximum absolute atomic E-state index is 12.9. The van der Waals surface area contributed by atoms with Crippen molar-refractivity contribution in [3.8, 4) is 0 Å². The molecule has 0 aliphatic rings. The quantitative estimate of drug-likeness (QED) is 0.802. The normalized spacial score (nSPS) is 11.3. The molecule has 2 rings (SSSR count). The van der Waals surface area contributed by atoms with E-state index < -0.39 is 23.2 Å². The Morgan fingerprint density at radius 2 is 1.81 bits per heavy atom. The Morgan fingerprint density at radius 1 is 1.14 bits per heavy atom. The average molecular weight is 358 g/mol. The minimum atomic E-state index is -4.57. The summed E-state index contributed by atoms with van der Waals surface area (Å²) in [6.07, 6.45) is -4.57. The molecule has 0 unspecified atom stereocenters. The molecule has 0 radical (unpaired) electrons. The van der Waals surface area contributed by atoms with E-state index in [2.05, 4.69) is 21.2 Å². The largest absolute Gasteiger partial charge is 0.417 e. The van der Waals surface area contributed by atoms with Crippen LogP contribution in [-0.4, -0.2) is 5.91 Å². The highest BCUT2D eigenvalue weighted by atomic mass is 79.9. The van der Waals surface area contributed by atoms with Crippen molar-refractivity contribution in [2.75, 3.05) is 5.32 Å². The number of benzene rings is 2. The fourth-order valence-electron chi connectivity index (χ4n) is 1.85. The topological polar surface area (TPSA) is 29.1 Å². The van der Waals surface area contributed by atoms with Crippen LogP contribution in [0.1, 0.15) is 21.5 Å². The molecule has 0 bridgehead atoms. The summed E-state index contributed by atoms with van der Waals surface area (Å²) in [5, 5.41) is 2.48. The van der Waals surface area contributed by atoms with E-state index in [-0.39, 0.29) is 0 Å². The van der Waals surface area contributed by atoms with Gasteiger partial charge in [-0.1, -0.05) is 28.1 Å². The number of nitrogens with one attached hydrogen (secondary N) is 1. The molecule has 1 amide bonds. The zero-order valence-electron chi connectivity index (χ0n) is 11.0. The minimum Gasteiger partial charge on any atom is -0.322 e. The molecule has 110 valence electrons. The lowest BCUT2D eigenvalue weighted by Gasteiger charge is -2.13.